The Kier molecular flexibility index (Phi) is 4.07. The summed E-state index contributed by atoms with van der Waals surface area (Å²) in [7, 11) is 0. The average Bonchev–Trinajstić information content (AvgIpc) is 2.58. The zero-order valence-corrected chi connectivity index (χ0v) is 12.5. The fraction of sp³-hybridized carbons (Fsp3) is 0.308. The van der Waals surface area contributed by atoms with Gasteiger partial charge in [-0.25, -0.2) is 4.39 Å². The van der Waals surface area contributed by atoms with E-state index in [1.165, 1.54) is 12.1 Å². The maximum absolute atomic E-state index is 13.0. The molecule has 0 saturated carbocycles. The summed E-state index contributed by atoms with van der Waals surface area (Å²) in [5, 5.41) is 4.46. The van der Waals surface area contributed by atoms with E-state index in [4.69, 9.17) is 11.6 Å². The lowest BCUT2D eigenvalue weighted by Gasteiger charge is -2.07. The molecule has 0 bridgehead atoms. The van der Waals surface area contributed by atoms with Gasteiger partial charge >= 0.3 is 0 Å². The molecule has 1 heterocycles. The van der Waals surface area contributed by atoms with Crippen molar-refractivity contribution in [3.05, 3.63) is 51.0 Å². The van der Waals surface area contributed by atoms with E-state index >= 15 is 0 Å². The molecule has 0 fully saturated rings. The molecule has 1 aromatic carbocycles. The Morgan fingerprint density at radius 1 is 1.39 bits per heavy atom. The van der Waals surface area contributed by atoms with Gasteiger partial charge in [0.25, 0.3) is 0 Å². The SMILES string of the molecule is Cc1nn(Cc2ccc(F)cc2Br)c(C)c1CCl. The highest BCUT2D eigenvalue weighted by molar-refractivity contribution is 9.10. The van der Waals surface area contributed by atoms with E-state index < -0.39 is 0 Å². The maximum atomic E-state index is 13.0. The van der Waals surface area contributed by atoms with E-state index in [-0.39, 0.29) is 5.82 Å². The zero-order valence-electron chi connectivity index (χ0n) is 10.2. The summed E-state index contributed by atoms with van der Waals surface area (Å²) in [5.74, 6) is 0.211. The molecule has 0 aliphatic carbocycles. The fourth-order valence-electron chi connectivity index (χ4n) is 1.89. The highest BCUT2D eigenvalue weighted by Crippen LogP contribution is 2.21. The highest BCUT2D eigenvalue weighted by Gasteiger charge is 2.11. The average molecular weight is 332 g/mol. The number of hydrogen-bond donors (Lipinski definition) is 0. The number of nitrogens with zero attached hydrogens (tertiary/aromatic N) is 2. The Morgan fingerprint density at radius 2 is 2.11 bits per heavy atom. The Morgan fingerprint density at radius 3 is 2.67 bits per heavy atom. The van der Waals surface area contributed by atoms with Gasteiger partial charge < -0.3 is 0 Å². The molecule has 0 aliphatic heterocycles. The normalized spacial score (nSPS) is 10.9. The summed E-state index contributed by atoms with van der Waals surface area (Å²) in [4.78, 5) is 0. The third-order valence-electron chi connectivity index (χ3n) is 3.00. The van der Waals surface area contributed by atoms with Crippen LogP contribution in [0.2, 0.25) is 0 Å². The standard InChI is InChI=1S/C13H13BrClFN2/c1-8-12(6-15)9(2)18(17-8)7-10-3-4-11(16)5-13(10)14/h3-5H,6-7H2,1-2H3. The van der Waals surface area contributed by atoms with Crippen LogP contribution >= 0.6 is 27.5 Å². The molecule has 0 saturated heterocycles. The topological polar surface area (TPSA) is 17.8 Å². The number of alkyl halides is 1. The van der Waals surface area contributed by atoms with E-state index in [0.717, 1.165) is 27.0 Å². The van der Waals surface area contributed by atoms with Gasteiger partial charge in [0.1, 0.15) is 5.82 Å². The van der Waals surface area contributed by atoms with Crippen LogP contribution in [-0.4, -0.2) is 9.78 Å². The highest BCUT2D eigenvalue weighted by atomic mass is 79.9. The molecule has 2 rings (SSSR count). The lowest BCUT2D eigenvalue weighted by Crippen LogP contribution is -2.05. The second-order valence-corrected chi connectivity index (χ2v) is 5.30. The van der Waals surface area contributed by atoms with Gasteiger partial charge in [0.15, 0.2) is 0 Å². The molecule has 2 aromatic rings. The molecular weight excluding hydrogens is 319 g/mol. The van der Waals surface area contributed by atoms with Crippen LogP contribution in [0.5, 0.6) is 0 Å². The molecule has 0 spiro atoms. The predicted octanol–water partition coefficient (Wildman–Crippen LogP) is 4.19. The molecule has 0 amide bonds. The first kappa shape index (κ1) is 13.6. The second kappa shape index (κ2) is 5.41. The minimum Gasteiger partial charge on any atom is -0.265 e. The quantitative estimate of drug-likeness (QED) is 0.771. The summed E-state index contributed by atoms with van der Waals surface area (Å²) in [5.41, 5.74) is 4.05. The van der Waals surface area contributed by atoms with Gasteiger partial charge in [-0.1, -0.05) is 22.0 Å². The lowest BCUT2D eigenvalue weighted by atomic mass is 10.2. The molecule has 0 radical (unpaired) electrons. The predicted molar refractivity (Wildman–Crippen MR) is 74.5 cm³/mol. The first-order valence-electron chi connectivity index (χ1n) is 5.55. The van der Waals surface area contributed by atoms with Crippen molar-refractivity contribution in [1.29, 1.82) is 0 Å². The molecule has 2 nitrogen and oxygen atoms in total. The van der Waals surface area contributed by atoms with E-state index in [1.807, 2.05) is 18.5 Å². The molecule has 18 heavy (non-hydrogen) atoms. The molecule has 0 atom stereocenters. The first-order valence-corrected chi connectivity index (χ1v) is 6.88. The maximum Gasteiger partial charge on any atom is 0.124 e. The van der Waals surface area contributed by atoms with Crippen molar-refractivity contribution in [2.45, 2.75) is 26.3 Å². The molecular formula is C13H13BrClFN2. The van der Waals surface area contributed by atoms with Crippen molar-refractivity contribution in [2.24, 2.45) is 0 Å². The van der Waals surface area contributed by atoms with Crippen molar-refractivity contribution >= 4 is 27.5 Å². The Hall–Kier alpha value is -0.870. The van der Waals surface area contributed by atoms with Crippen molar-refractivity contribution in [2.75, 3.05) is 0 Å². The summed E-state index contributed by atoms with van der Waals surface area (Å²) in [6.07, 6.45) is 0. The van der Waals surface area contributed by atoms with Gasteiger partial charge in [0.05, 0.1) is 18.1 Å². The third kappa shape index (κ3) is 2.59. The van der Waals surface area contributed by atoms with Gasteiger partial charge in [-0.05, 0) is 31.5 Å². The van der Waals surface area contributed by atoms with Crippen LogP contribution in [0.4, 0.5) is 4.39 Å². The Labute approximate surface area is 119 Å². The van der Waals surface area contributed by atoms with Crippen LogP contribution in [0.25, 0.3) is 0 Å². The van der Waals surface area contributed by atoms with E-state index in [9.17, 15) is 4.39 Å². The van der Waals surface area contributed by atoms with Crippen molar-refractivity contribution in [3.8, 4) is 0 Å². The number of halogens is 3. The minimum absolute atomic E-state index is 0.250. The molecule has 0 aliphatic rings. The van der Waals surface area contributed by atoms with Gasteiger partial charge in [-0.15, -0.1) is 11.6 Å². The minimum atomic E-state index is -0.250. The molecule has 96 valence electrons. The number of aromatic nitrogens is 2. The molecule has 0 N–H and O–H groups in total. The molecule has 1 aromatic heterocycles. The van der Waals surface area contributed by atoms with Crippen molar-refractivity contribution in [1.82, 2.24) is 9.78 Å². The van der Waals surface area contributed by atoms with Crippen LogP contribution < -0.4 is 0 Å². The summed E-state index contributed by atoms with van der Waals surface area (Å²) < 4.78 is 15.7. The van der Waals surface area contributed by atoms with Crippen LogP contribution in [0.15, 0.2) is 22.7 Å². The van der Waals surface area contributed by atoms with E-state index in [2.05, 4.69) is 21.0 Å². The Bertz CT molecular complexity index is 581. The van der Waals surface area contributed by atoms with Gasteiger partial charge in [-0.3, -0.25) is 4.68 Å². The monoisotopic (exact) mass is 330 g/mol. The summed E-state index contributed by atoms with van der Waals surface area (Å²) in [6, 6.07) is 4.67. The number of benzene rings is 1. The van der Waals surface area contributed by atoms with Crippen molar-refractivity contribution in [3.63, 3.8) is 0 Å². The summed E-state index contributed by atoms with van der Waals surface area (Å²) >= 11 is 9.26. The number of aryl methyl sites for hydroxylation is 1. The zero-order chi connectivity index (χ0) is 13.3. The van der Waals surface area contributed by atoms with E-state index in [0.29, 0.717) is 12.4 Å². The first-order chi connectivity index (χ1) is 8.52. The smallest absolute Gasteiger partial charge is 0.124 e. The van der Waals surface area contributed by atoms with Crippen LogP contribution in [0.3, 0.4) is 0 Å². The van der Waals surface area contributed by atoms with Gasteiger partial charge in [0.2, 0.25) is 0 Å². The molecule has 5 heteroatoms. The number of hydrogen-bond acceptors (Lipinski definition) is 1. The Balaban J connectivity index is 2.34. The number of rotatable bonds is 3. The lowest BCUT2D eigenvalue weighted by molar-refractivity contribution is 0.620. The van der Waals surface area contributed by atoms with Crippen molar-refractivity contribution < 1.29 is 4.39 Å². The van der Waals surface area contributed by atoms with Crippen LogP contribution in [-0.2, 0) is 12.4 Å². The largest absolute Gasteiger partial charge is 0.265 e. The van der Waals surface area contributed by atoms with Gasteiger partial charge in [-0.2, -0.15) is 5.10 Å². The van der Waals surface area contributed by atoms with Gasteiger partial charge in [0, 0.05) is 15.7 Å². The third-order valence-corrected chi connectivity index (χ3v) is 4.01. The second-order valence-electron chi connectivity index (χ2n) is 4.18. The van der Waals surface area contributed by atoms with Crippen LogP contribution in [0.1, 0.15) is 22.5 Å². The fourth-order valence-corrected chi connectivity index (χ4v) is 2.76. The molecule has 0 unspecified atom stereocenters. The van der Waals surface area contributed by atoms with E-state index in [1.54, 1.807) is 6.07 Å². The van der Waals surface area contributed by atoms with Crippen LogP contribution in [0, 0.1) is 19.7 Å². The summed E-state index contributed by atoms with van der Waals surface area (Å²) in [6.45, 7) is 4.54.